The first-order chi connectivity index (χ1) is 19.6. The van der Waals surface area contributed by atoms with E-state index in [1.54, 1.807) is 23.1 Å². The van der Waals surface area contributed by atoms with Crippen LogP contribution in [-0.4, -0.2) is 52.0 Å². The third-order valence-corrected chi connectivity index (χ3v) is 7.16. The molecule has 1 aromatic carbocycles. The molecule has 0 radical (unpaired) electrons. The molecule has 9 nitrogen and oxygen atoms in total. The number of hydrogen-bond acceptors (Lipinski definition) is 7. The SMILES string of the molecule is Nc1ccc(C=CC(=O)NCc2cc3cc(-c4ccc(C(=O)N5CC6(CCO6)C5)cn4)cc(C(F)(F)F)c3o2)cn1. The first-order valence-corrected chi connectivity index (χ1v) is 12.8. The molecule has 3 N–H and O–H groups in total. The molecule has 2 aliphatic heterocycles. The molecule has 3 aromatic heterocycles. The number of hydrogen-bond donors (Lipinski definition) is 2. The minimum absolute atomic E-state index is 0.123. The van der Waals surface area contributed by atoms with Gasteiger partial charge in [0.2, 0.25) is 5.91 Å². The van der Waals surface area contributed by atoms with Crippen LogP contribution in [0, 0.1) is 0 Å². The number of furan rings is 1. The van der Waals surface area contributed by atoms with Crippen LogP contribution in [0.15, 0.2) is 65.4 Å². The van der Waals surface area contributed by atoms with Gasteiger partial charge < -0.3 is 25.1 Å². The van der Waals surface area contributed by atoms with Crippen LogP contribution in [0.1, 0.15) is 33.7 Å². The Kier molecular flexibility index (Phi) is 6.49. The second-order valence-electron chi connectivity index (χ2n) is 10.1. The van der Waals surface area contributed by atoms with Crippen LogP contribution in [0.25, 0.3) is 28.3 Å². The number of amides is 2. The van der Waals surface area contributed by atoms with Crippen LogP contribution in [0.4, 0.5) is 19.0 Å². The van der Waals surface area contributed by atoms with Crippen molar-refractivity contribution >= 4 is 34.7 Å². The third-order valence-electron chi connectivity index (χ3n) is 7.16. The van der Waals surface area contributed by atoms with Crippen molar-refractivity contribution in [2.24, 2.45) is 0 Å². The van der Waals surface area contributed by atoms with E-state index in [0.717, 1.165) is 12.5 Å². The molecule has 0 atom stereocenters. The molecule has 0 unspecified atom stereocenters. The maximum Gasteiger partial charge on any atom is 0.420 e. The van der Waals surface area contributed by atoms with Crippen molar-refractivity contribution in [2.75, 3.05) is 25.4 Å². The van der Waals surface area contributed by atoms with Crippen molar-refractivity contribution in [1.29, 1.82) is 0 Å². The highest BCUT2D eigenvalue weighted by Crippen LogP contribution is 2.39. The molecule has 2 aliphatic rings. The summed E-state index contributed by atoms with van der Waals surface area (Å²) < 4.78 is 53.0. The number of halogens is 3. The lowest BCUT2D eigenvalue weighted by molar-refractivity contribution is -0.209. The summed E-state index contributed by atoms with van der Waals surface area (Å²) >= 11 is 0. The molecule has 2 fully saturated rings. The maximum atomic E-state index is 14.0. The molecule has 0 saturated carbocycles. The van der Waals surface area contributed by atoms with Crippen molar-refractivity contribution in [3.05, 3.63) is 83.4 Å². The zero-order chi connectivity index (χ0) is 28.8. The summed E-state index contributed by atoms with van der Waals surface area (Å²) in [4.78, 5) is 34.8. The number of carbonyl (C=O) groups excluding carboxylic acids is 2. The Bertz CT molecular complexity index is 1650. The van der Waals surface area contributed by atoms with Gasteiger partial charge in [0, 0.05) is 35.8 Å². The molecule has 2 saturated heterocycles. The second kappa shape index (κ2) is 10.0. The molecule has 0 bridgehead atoms. The van der Waals surface area contributed by atoms with Crippen LogP contribution in [0.5, 0.6) is 0 Å². The van der Waals surface area contributed by atoms with E-state index in [9.17, 15) is 22.8 Å². The number of nitrogens with two attached hydrogens (primary N) is 1. The zero-order valence-corrected chi connectivity index (χ0v) is 21.6. The minimum atomic E-state index is -4.70. The summed E-state index contributed by atoms with van der Waals surface area (Å²) in [5, 5.41) is 2.80. The van der Waals surface area contributed by atoms with Gasteiger partial charge in [-0.3, -0.25) is 14.6 Å². The van der Waals surface area contributed by atoms with Gasteiger partial charge in [-0.1, -0.05) is 0 Å². The lowest BCUT2D eigenvalue weighted by Crippen LogP contribution is -2.69. The summed E-state index contributed by atoms with van der Waals surface area (Å²) in [5.74, 6) is -0.167. The Morgan fingerprint density at radius 3 is 2.54 bits per heavy atom. The Labute approximate surface area is 231 Å². The van der Waals surface area contributed by atoms with E-state index < -0.39 is 17.6 Å². The van der Waals surface area contributed by atoms with Crippen LogP contribution < -0.4 is 11.1 Å². The highest BCUT2D eigenvalue weighted by Gasteiger charge is 2.50. The fourth-order valence-corrected chi connectivity index (χ4v) is 4.88. The number of rotatable bonds is 6. The van der Waals surface area contributed by atoms with Crippen LogP contribution >= 0.6 is 0 Å². The lowest BCUT2D eigenvalue weighted by atomic mass is 9.86. The largest absolute Gasteiger partial charge is 0.459 e. The van der Waals surface area contributed by atoms with Gasteiger partial charge in [0.1, 0.15) is 22.8 Å². The number of fused-ring (bicyclic) bond motifs is 1. The van der Waals surface area contributed by atoms with Gasteiger partial charge >= 0.3 is 6.18 Å². The number of anilines is 1. The topological polar surface area (TPSA) is 124 Å². The number of pyridine rings is 2. The summed E-state index contributed by atoms with van der Waals surface area (Å²) in [6.07, 6.45) is 1.90. The average molecular weight is 564 g/mol. The predicted octanol–water partition coefficient (Wildman–Crippen LogP) is 4.44. The Morgan fingerprint density at radius 1 is 1.10 bits per heavy atom. The van der Waals surface area contributed by atoms with Gasteiger partial charge in [0.25, 0.3) is 5.91 Å². The Hall–Kier alpha value is -4.71. The van der Waals surface area contributed by atoms with E-state index >= 15 is 0 Å². The predicted molar refractivity (Wildman–Crippen MR) is 143 cm³/mol. The molecule has 4 aromatic rings. The van der Waals surface area contributed by atoms with Gasteiger partial charge in [0.15, 0.2) is 0 Å². The number of ether oxygens (including phenoxy) is 1. The molecule has 6 rings (SSSR count). The summed E-state index contributed by atoms with van der Waals surface area (Å²) in [6.45, 7) is 1.63. The highest BCUT2D eigenvalue weighted by atomic mass is 19.4. The van der Waals surface area contributed by atoms with E-state index in [2.05, 4.69) is 15.3 Å². The number of nitrogen functional groups attached to an aromatic ring is 1. The average Bonchev–Trinajstić information content (AvgIpc) is 3.32. The van der Waals surface area contributed by atoms with E-state index in [-0.39, 0.29) is 46.0 Å². The quantitative estimate of drug-likeness (QED) is 0.333. The van der Waals surface area contributed by atoms with E-state index in [0.29, 0.717) is 36.6 Å². The number of nitrogens with one attached hydrogen (secondary N) is 1. The zero-order valence-electron chi connectivity index (χ0n) is 21.6. The molecule has 12 heteroatoms. The second-order valence-corrected chi connectivity index (χ2v) is 10.1. The van der Waals surface area contributed by atoms with Gasteiger partial charge in [-0.2, -0.15) is 13.2 Å². The number of alkyl halides is 3. The molecule has 1 spiro atoms. The van der Waals surface area contributed by atoms with Crippen molar-refractivity contribution < 1.29 is 31.9 Å². The lowest BCUT2D eigenvalue weighted by Gasteiger charge is -2.55. The number of benzene rings is 1. The smallest absolute Gasteiger partial charge is 0.420 e. The highest BCUT2D eigenvalue weighted by molar-refractivity contribution is 5.95. The fourth-order valence-electron chi connectivity index (χ4n) is 4.88. The Balaban J connectivity index is 1.18. The van der Waals surface area contributed by atoms with Crippen molar-refractivity contribution in [3.63, 3.8) is 0 Å². The van der Waals surface area contributed by atoms with E-state index in [4.69, 9.17) is 14.9 Å². The number of aromatic nitrogens is 2. The number of likely N-dealkylation sites (tertiary alicyclic amines) is 1. The van der Waals surface area contributed by atoms with Crippen molar-refractivity contribution in [2.45, 2.75) is 24.7 Å². The first kappa shape index (κ1) is 26.5. The van der Waals surface area contributed by atoms with Crippen LogP contribution in [0.3, 0.4) is 0 Å². The standard InChI is InChI=1S/C29H24F3N5O4/c30-29(31,32)22-11-19(23-4-3-18(13-34-23)27(39)37-15-28(16-37)7-8-40-28)9-20-10-21(41-26(20)22)14-36-25(38)6-2-17-1-5-24(33)35-12-17/h1-6,9-13H,7-8,14-16H2,(H2,33,35)(H,36,38). The minimum Gasteiger partial charge on any atom is -0.459 e. The van der Waals surface area contributed by atoms with Gasteiger partial charge in [-0.05, 0) is 54.1 Å². The molecular weight excluding hydrogens is 539 g/mol. The van der Waals surface area contributed by atoms with E-state index in [1.807, 2.05) is 0 Å². The van der Waals surface area contributed by atoms with Gasteiger partial charge in [-0.15, -0.1) is 0 Å². The van der Waals surface area contributed by atoms with Gasteiger partial charge in [0.05, 0.1) is 43.1 Å². The van der Waals surface area contributed by atoms with E-state index in [1.165, 1.54) is 42.7 Å². The fraction of sp³-hybridized carbons (Fsp3) is 0.241. The molecule has 210 valence electrons. The van der Waals surface area contributed by atoms with Crippen LogP contribution in [-0.2, 0) is 22.3 Å². The molecule has 2 amide bonds. The summed E-state index contributed by atoms with van der Waals surface area (Å²) in [7, 11) is 0. The molecule has 41 heavy (non-hydrogen) atoms. The molecular formula is C29H24F3N5O4. The summed E-state index contributed by atoms with van der Waals surface area (Å²) in [6, 6.07) is 10.3. The van der Waals surface area contributed by atoms with Crippen molar-refractivity contribution in [1.82, 2.24) is 20.2 Å². The Morgan fingerprint density at radius 2 is 1.90 bits per heavy atom. The first-order valence-electron chi connectivity index (χ1n) is 12.8. The normalized spacial score (nSPS) is 16.1. The van der Waals surface area contributed by atoms with Gasteiger partial charge in [-0.25, -0.2) is 4.98 Å². The monoisotopic (exact) mass is 563 g/mol. The summed E-state index contributed by atoms with van der Waals surface area (Å²) in [5.41, 5.74) is 5.52. The third kappa shape index (κ3) is 5.38. The molecule has 5 heterocycles. The maximum absolute atomic E-state index is 14.0. The number of nitrogens with zero attached hydrogens (tertiary/aromatic N) is 3. The number of carbonyl (C=O) groups is 2. The van der Waals surface area contributed by atoms with Crippen LogP contribution in [0.2, 0.25) is 0 Å². The van der Waals surface area contributed by atoms with Crippen molar-refractivity contribution in [3.8, 4) is 11.3 Å². The molecule has 0 aliphatic carbocycles.